The lowest BCUT2D eigenvalue weighted by Gasteiger charge is -2.06. The van der Waals surface area contributed by atoms with Crippen molar-refractivity contribution in [3.63, 3.8) is 0 Å². The Labute approximate surface area is 185 Å². The van der Waals surface area contributed by atoms with Gasteiger partial charge in [0.1, 0.15) is 22.8 Å². The van der Waals surface area contributed by atoms with Gasteiger partial charge in [0.25, 0.3) is 0 Å². The lowest BCUT2D eigenvalue weighted by Crippen LogP contribution is -1.99. The van der Waals surface area contributed by atoms with Crippen molar-refractivity contribution in [2.45, 2.75) is 58.0 Å². The zero-order valence-electron chi connectivity index (χ0n) is 18.2. The SMILES string of the molecule is CCC=CC[C@H](O)C=CC=CCC=CCC=CCCCC(=O)c1c(O)cc(O)cc1O. The first-order valence-corrected chi connectivity index (χ1v) is 10.7. The minimum Gasteiger partial charge on any atom is -0.508 e. The fourth-order valence-corrected chi connectivity index (χ4v) is 2.78. The molecule has 0 aliphatic carbocycles. The molecule has 168 valence electrons. The number of aliphatic hydroxyl groups excluding tert-OH is 1. The van der Waals surface area contributed by atoms with Crippen molar-refractivity contribution in [2.75, 3.05) is 0 Å². The van der Waals surface area contributed by atoms with Gasteiger partial charge in [-0.2, -0.15) is 0 Å². The number of carbonyl (C=O) groups is 1. The Bertz CT molecular complexity index is 792. The van der Waals surface area contributed by atoms with Crippen LogP contribution in [0, 0.1) is 0 Å². The van der Waals surface area contributed by atoms with E-state index in [0.29, 0.717) is 12.8 Å². The maximum absolute atomic E-state index is 12.1. The Morgan fingerprint density at radius 2 is 1.55 bits per heavy atom. The van der Waals surface area contributed by atoms with Gasteiger partial charge in [-0.05, 0) is 38.5 Å². The molecule has 0 saturated carbocycles. The predicted molar refractivity (Wildman–Crippen MR) is 125 cm³/mol. The van der Waals surface area contributed by atoms with Gasteiger partial charge in [-0.3, -0.25) is 4.79 Å². The molecule has 0 saturated heterocycles. The maximum atomic E-state index is 12.1. The monoisotopic (exact) mass is 426 g/mol. The van der Waals surface area contributed by atoms with Crippen LogP contribution in [0.3, 0.4) is 0 Å². The second-order valence-electron chi connectivity index (χ2n) is 7.08. The molecule has 4 N–H and O–H groups in total. The Morgan fingerprint density at radius 3 is 2.23 bits per heavy atom. The van der Waals surface area contributed by atoms with Gasteiger partial charge in [0, 0.05) is 18.6 Å². The predicted octanol–water partition coefficient (Wildman–Crippen LogP) is 5.88. The minimum atomic E-state index is -0.444. The van der Waals surface area contributed by atoms with Crippen molar-refractivity contribution < 1.29 is 25.2 Å². The molecule has 5 heteroatoms. The third-order valence-electron chi connectivity index (χ3n) is 4.37. The summed E-state index contributed by atoms with van der Waals surface area (Å²) in [6, 6.07) is 2.08. The van der Waals surface area contributed by atoms with Crippen molar-refractivity contribution >= 4 is 5.78 Å². The maximum Gasteiger partial charge on any atom is 0.170 e. The molecule has 0 aliphatic heterocycles. The number of hydrogen-bond acceptors (Lipinski definition) is 5. The fraction of sp³-hybridized carbons (Fsp3) is 0.346. The molecule has 0 heterocycles. The summed E-state index contributed by atoms with van der Waals surface area (Å²) in [5.41, 5.74) is -0.143. The van der Waals surface area contributed by atoms with E-state index in [2.05, 4.69) is 19.1 Å². The second-order valence-corrected chi connectivity index (χ2v) is 7.08. The van der Waals surface area contributed by atoms with E-state index in [1.807, 2.05) is 42.5 Å². The van der Waals surface area contributed by atoms with E-state index < -0.39 is 17.6 Å². The summed E-state index contributed by atoms with van der Waals surface area (Å²) >= 11 is 0. The van der Waals surface area contributed by atoms with E-state index in [-0.39, 0.29) is 23.5 Å². The molecule has 0 amide bonds. The smallest absolute Gasteiger partial charge is 0.170 e. The Balaban J connectivity index is 2.18. The van der Waals surface area contributed by atoms with Crippen LogP contribution in [0.1, 0.15) is 62.2 Å². The van der Waals surface area contributed by atoms with Gasteiger partial charge in [0.05, 0.1) is 6.10 Å². The van der Waals surface area contributed by atoms with Crippen LogP contribution in [0.2, 0.25) is 0 Å². The van der Waals surface area contributed by atoms with Crippen LogP contribution in [-0.2, 0) is 0 Å². The number of hydrogen-bond donors (Lipinski definition) is 4. The van der Waals surface area contributed by atoms with E-state index in [1.54, 1.807) is 6.08 Å². The van der Waals surface area contributed by atoms with E-state index in [9.17, 15) is 25.2 Å². The number of carbonyl (C=O) groups excluding carboxylic acids is 1. The third-order valence-corrected chi connectivity index (χ3v) is 4.37. The van der Waals surface area contributed by atoms with Gasteiger partial charge in [0.15, 0.2) is 5.78 Å². The highest BCUT2D eigenvalue weighted by Gasteiger charge is 2.16. The van der Waals surface area contributed by atoms with Crippen molar-refractivity contribution in [3.05, 3.63) is 78.5 Å². The topological polar surface area (TPSA) is 98.0 Å². The van der Waals surface area contributed by atoms with E-state index in [4.69, 9.17) is 0 Å². The summed E-state index contributed by atoms with van der Waals surface area (Å²) < 4.78 is 0. The number of unbranched alkanes of at least 4 members (excludes halogenated alkanes) is 1. The van der Waals surface area contributed by atoms with E-state index >= 15 is 0 Å². The summed E-state index contributed by atoms with van der Waals surface area (Å²) in [5, 5.41) is 38.4. The zero-order chi connectivity index (χ0) is 22.9. The van der Waals surface area contributed by atoms with Gasteiger partial charge < -0.3 is 20.4 Å². The lowest BCUT2D eigenvalue weighted by atomic mass is 10.0. The average molecular weight is 427 g/mol. The van der Waals surface area contributed by atoms with Gasteiger partial charge in [-0.1, -0.05) is 67.7 Å². The highest BCUT2D eigenvalue weighted by molar-refractivity contribution is 6.01. The molecule has 0 bridgehead atoms. The van der Waals surface area contributed by atoms with E-state index in [0.717, 1.165) is 37.8 Å². The summed E-state index contributed by atoms with van der Waals surface area (Å²) in [4.78, 5) is 12.1. The number of Topliss-reactive ketones (excluding diaryl/α,β-unsaturated/α-hetero) is 1. The second kappa shape index (κ2) is 15.7. The fourth-order valence-electron chi connectivity index (χ4n) is 2.78. The molecule has 0 aliphatic rings. The molecule has 31 heavy (non-hydrogen) atoms. The van der Waals surface area contributed by atoms with Crippen LogP contribution < -0.4 is 0 Å². The van der Waals surface area contributed by atoms with Crippen LogP contribution in [0.15, 0.2) is 72.9 Å². The van der Waals surface area contributed by atoms with Crippen LogP contribution in [-0.4, -0.2) is 32.3 Å². The molecular weight excluding hydrogens is 392 g/mol. The van der Waals surface area contributed by atoms with Gasteiger partial charge >= 0.3 is 0 Å². The van der Waals surface area contributed by atoms with Crippen LogP contribution >= 0.6 is 0 Å². The van der Waals surface area contributed by atoms with E-state index in [1.165, 1.54) is 0 Å². The number of ketones is 1. The number of rotatable bonds is 14. The van der Waals surface area contributed by atoms with Crippen LogP contribution in [0.5, 0.6) is 17.2 Å². The summed E-state index contributed by atoms with van der Waals surface area (Å²) in [7, 11) is 0. The number of benzene rings is 1. The molecule has 1 atom stereocenters. The lowest BCUT2D eigenvalue weighted by molar-refractivity contribution is 0.0975. The standard InChI is InChI=1S/C26H34O5/c1-2-3-13-16-21(27)17-14-11-9-7-5-4-6-8-10-12-15-18-23(29)26-24(30)19-22(28)20-25(26)31/h3-5,8-11,13-14,17,19-21,27-28,30-31H,2,6-7,12,15-16,18H2,1H3/t21-/m0/s1. The Morgan fingerprint density at radius 1 is 0.903 bits per heavy atom. The first kappa shape index (κ1) is 26.0. The zero-order valence-corrected chi connectivity index (χ0v) is 18.2. The number of aliphatic hydroxyl groups is 1. The number of phenolic OH excluding ortho intramolecular Hbond substituents is 3. The quantitative estimate of drug-likeness (QED) is 0.129. The van der Waals surface area contributed by atoms with Crippen LogP contribution in [0.25, 0.3) is 0 Å². The van der Waals surface area contributed by atoms with Gasteiger partial charge in [-0.25, -0.2) is 0 Å². The molecule has 1 aromatic rings. The number of allylic oxidation sites excluding steroid dienone is 8. The highest BCUT2D eigenvalue weighted by atomic mass is 16.3. The molecule has 0 spiro atoms. The first-order valence-electron chi connectivity index (χ1n) is 10.7. The number of aromatic hydroxyl groups is 3. The summed E-state index contributed by atoms with van der Waals surface area (Å²) in [5.74, 6) is -1.46. The first-order chi connectivity index (χ1) is 15.0. The van der Waals surface area contributed by atoms with Crippen molar-refractivity contribution in [2.24, 2.45) is 0 Å². The third kappa shape index (κ3) is 11.6. The average Bonchev–Trinajstić information content (AvgIpc) is 2.70. The van der Waals surface area contributed by atoms with Gasteiger partial charge in [-0.15, -0.1) is 0 Å². The van der Waals surface area contributed by atoms with Gasteiger partial charge in [0.2, 0.25) is 0 Å². The summed E-state index contributed by atoms with van der Waals surface area (Å²) in [6.45, 7) is 2.06. The Kier molecular flexibility index (Phi) is 13.2. The molecule has 1 rings (SSSR count). The Hall–Kier alpha value is -3.05. The molecular formula is C26H34O5. The van der Waals surface area contributed by atoms with Crippen molar-refractivity contribution in [3.8, 4) is 17.2 Å². The van der Waals surface area contributed by atoms with Crippen molar-refractivity contribution in [1.29, 1.82) is 0 Å². The largest absolute Gasteiger partial charge is 0.508 e. The molecule has 0 radical (unpaired) electrons. The molecule has 5 nitrogen and oxygen atoms in total. The molecule has 0 aromatic heterocycles. The minimum absolute atomic E-state index is 0.143. The molecule has 1 aromatic carbocycles. The molecule has 0 fully saturated rings. The van der Waals surface area contributed by atoms with Crippen LogP contribution in [0.4, 0.5) is 0 Å². The summed E-state index contributed by atoms with van der Waals surface area (Å²) in [6.07, 6.45) is 24.1. The molecule has 0 unspecified atom stereocenters. The normalized spacial score (nSPS) is 13.5. The number of phenols is 3. The van der Waals surface area contributed by atoms with Crippen molar-refractivity contribution in [1.82, 2.24) is 0 Å². The highest BCUT2D eigenvalue weighted by Crippen LogP contribution is 2.33.